The average Bonchev–Trinajstić information content (AvgIpc) is 3.03. The molecule has 2 aromatic rings. The highest BCUT2D eigenvalue weighted by Crippen LogP contribution is 2.29. The minimum absolute atomic E-state index is 0.436. The van der Waals surface area contributed by atoms with Gasteiger partial charge in [0.2, 0.25) is 0 Å². The monoisotopic (exact) mass is 341 g/mol. The molecule has 0 fully saturated rings. The highest BCUT2D eigenvalue weighted by atomic mass is 32.1. The Kier molecular flexibility index (Phi) is 4.96. The summed E-state index contributed by atoms with van der Waals surface area (Å²) in [6, 6.07) is 13.9. The number of ether oxygens (including phenoxy) is 2. The number of rotatable bonds is 4. The third-order valence-electron chi connectivity index (χ3n) is 3.86. The van der Waals surface area contributed by atoms with Gasteiger partial charge in [0.15, 0.2) is 16.6 Å². The fraction of sp³-hybridized carbons (Fsp3) is 0.222. The van der Waals surface area contributed by atoms with E-state index < -0.39 is 0 Å². The smallest absolute Gasteiger partial charge is 0.191 e. The van der Waals surface area contributed by atoms with Crippen LogP contribution in [0.5, 0.6) is 11.5 Å². The first-order chi connectivity index (χ1) is 11.7. The van der Waals surface area contributed by atoms with E-state index in [1.165, 1.54) is 11.1 Å². The maximum absolute atomic E-state index is 5.30. The zero-order chi connectivity index (χ0) is 16.9. The second-order valence-electron chi connectivity index (χ2n) is 5.44. The number of benzene rings is 2. The number of hydrogen-bond acceptors (Lipinski definition) is 4. The molecular formula is C18H19N3O2S. The molecule has 0 aliphatic heterocycles. The fourth-order valence-electron chi connectivity index (χ4n) is 2.69. The van der Waals surface area contributed by atoms with Gasteiger partial charge in [-0.15, -0.1) is 0 Å². The van der Waals surface area contributed by atoms with E-state index in [1.807, 2.05) is 18.2 Å². The van der Waals surface area contributed by atoms with Gasteiger partial charge < -0.3 is 14.8 Å². The molecule has 0 bridgehead atoms. The van der Waals surface area contributed by atoms with E-state index in [1.54, 1.807) is 14.2 Å². The van der Waals surface area contributed by atoms with E-state index in [4.69, 9.17) is 21.7 Å². The molecule has 2 aromatic carbocycles. The topological polar surface area (TPSA) is 54.9 Å². The van der Waals surface area contributed by atoms with Crippen LogP contribution in [-0.4, -0.2) is 25.0 Å². The van der Waals surface area contributed by atoms with Crippen LogP contribution in [0.4, 0.5) is 5.69 Å². The molecule has 0 radical (unpaired) electrons. The molecule has 1 aliphatic rings. The number of nitrogens with one attached hydrogen (secondary N) is 2. The van der Waals surface area contributed by atoms with Gasteiger partial charge in [-0.1, -0.05) is 24.3 Å². The van der Waals surface area contributed by atoms with Crippen molar-refractivity contribution >= 4 is 28.7 Å². The quantitative estimate of drug-likeness (QED) is 0.661. The summed E-state index contributed by atoms with van der Waals surface area (Å²) in [5.74, 6) is 1.31. The van der Waals surface area contributed by atoms with Crippen LogP contribution in [0.3, 0.4) is 0 Å². The van der Waals surface area contributed by atoms with Crippen LogP contribution in [0.25, 0.3) is 0 Å². The molecule has 0 heterocycles. The maximum atomic E-state index is 5.30. The van der Waals surface area contributed by atoms with Crippen molar-refractivity contribution in [1.29, 1.82) is 0 Å². The Balaban J connectivity index is 1.60. The molecule has 0 spiro atoms. The van der Waals surface area contributed by atoms with Crippen LogP contribution in [-0.2, 0) is 12.8 Å². The Morgan fingerprint density at radius 3 is 2.29 bits per heavy atom. The number of anilines is 1. The summed E-state index contributed by atoms with van der Waals surface area (Å²) in [4.78, 5) is 0. The van der Waals surface area contributed by atoms with Gasteiger partial charge in [0.05, 0.1) is 14.2 Å². The zero-order valence-corrected chi connectivity index (χ0v) is 14.4. The Bertz CT molecular complexity index is 763. The van der Waals surface area contributed by atoms with Gasteiger partial charge in [-0.2, -0.15) is 5.10 Å². The Labute approximate surface area is 146 Å². The standard InChI is InChI=1S/C18H19N3O2S/c1-22-16-8-7-14(11-17(16)23-2)19-18(24)21-20-15-9-12-5-3-4-6-13(12)10-15/h3-8,11H,9-10H2,1-2H3,(H2,19,21,24). The van der Waals surface area contributed by atoms with Crippen LogP contribution < -0.4 is 20.2 Å². The van der Waals surface area contributed by atoms with Crippen LogP contribution >= 0.6 is 12.2 Å². The average molecular weight is 341 g/mol. The summed E-state index contributed by atoms with van der Waals surface area (Å²) >= 11 is 5.30. The SMILES string of the molecule is COc1ccc(NC(=S)NN=C2Cc3ccccc3C2)cc1OC. The molecule has 6 heteroatoms. The van der Waals surface area contributed by atoms with Gasteiger partial charge in [-0.3, -0.25) is 5.43 Å². The van der Waals surface area contributed by atoms with Crippen molar-refractivity contribution in [1.82, 2.24) is 5.43 Å². The van der Waals surface area contributed by atoms with E-state index in [0.29, 0.717) is 16.6 Å². The molecule has 0 saturated heterocycles. The second kappa shape index (κ2) is 7.31. The van der Waals surface area contributed by atoms with E-state index >= 15 is 0 Å². The summed E-state index contributed by atoms with van der Waals surface area (Å²) in [6.07, 6.45) is 1.73. The zero-order valence-electron chi connectivity index (χ0n) is 13.6. The number of fused-ring (bicyclic) bond motifs is 1. The minimum Gasteiger partial charge on any atom is -0.493 e. The van der Waals surface area contributed by atoms with Crippen LogP contribution in [0, 0.1) is 0 Å². The molecule has 2 N–H and O–H groups in total. The van der Waals surface area contributed by atoms with Crippen LogP contribution in [0.1, 0.15) is 11.1 Å². The number of hydrazone groups is 1. The van der Waals surface area contributed by atoms with E-state index in [9.17, 15) is 0 Å². The third kappa shape index (κ3) is 3.65. The van der Waals surface area contributed by atoms with Crippen molar-refractivity contribution in [2.45, 2.75) is 12.8 Å². The van der Waals surface area contributed by atoms with E-state index in [0.717, 1.165) is 24.2 Å². The Morgan fingerprint density at radius 1 is 1.00 bits per heavy atom. The first-order valence-electron chi connectivity index (χ1n) is 7.61. The minimum atomic E-state index is 0.436. The summed E-state index contributed by atoms with van der Waals surface area (Å²) in [5.41, 5.74) is 7.45. The lowest BCUT2D eigenvalue weighted by atomic mass is 10.1. The molecular weight excluding hydrogens is 322 g/mol. The lowest BCUT2D eigenvalue weighted by Gasteiger charge is -2.11. The summed E-state index contributed by atoms with van der Waals surface area (Å²) in [7, 11) is 3.20. The predicted octanol–water partition coefficient (Wildman–Crippen LogP) is 3.15. The number of thiocarbonyl (C=S) groups is 1. The highest BCUT2D eigenvalue weighted by molar-refractivity contribution is 7.80. The number of hydrogen-bond donors (Lipinski definition) is 2. The van der Waals surface area contributed by atoms with Gasteiger partial charge >= 0.3 is 0 Å². The van der Waals surface area contributed by atoms with Crippen molar-refractivity contribution in [3.8, 4) is 11.5 Å². The summed E-state index contributed by atoms with van der Waals surface area (Å²) in [5, 5.41) is 7.94. The molecule has 0 saturated carbocycles. The lowest BCUT2D eigenvalue weighted by Crippen LogP contribution is -2.25. The maximum Gasteiger partial charge on any atom is 0.191 e. The third-order valence-corrected chi connectivity index (χ3v) is 4.06. The largest absolute Gasteiger partial charge is 0.493 e. The highest BCUT2D eigenvalue weighted by Gasteiger charge is 2.15. The van der Waals surface area contributed by atoms with Crippen molar-refractivity contribution in [3.05, 3.63) is 53.6 Å². The Hall–Kier alpha value is -2.60. The molecule has 0 atom stereocenters. The van der Waals surface area contributed by atoms with Crippen molar-refractivity contribution in [2.24, 2.45) is 5.10 Å². The number of methoxy groups -OCH3 is 2. The van der Waals surface area contributed by atoms with Gasteiger partial charge in [0, 0.05) is 30.3 Å². The fourth-order valence-corrected chi connectivity index (χ4v) is 2.85. The second-order valence-corrected chi connectivity index (χ2v) is 5.84. The molecule has 0 aromatic heterocycles. The lowest BCUT2D eigenvalue weighted by molar-refractivity contribution is 0.355. The molecule has 3 rings (SSSR count). The van der Waals surface area contributed by atoms with Crippen LogP contribution in [0.15, 0.2) is 47.6 Å². The Morgan fingerprint density at radius 2 is 1.67 bits per heavy atom. The number of nitrogens with zero attached hydrogens (tertiary/aromatic N) is 1. The first kappa shape index (κ1) is 16.3. The predicted molar refractivity (Wildman–Crippen MR) is 100 cm³/mol. The van der Waals surface area contributed by atoms with Gasteiger partial charge in [0.25, 0.3) is 0 Å². The van der Waals surface area contributed by atoms with E-state index in [2.05, 4.69) is 40.1 Å². The van der Waals surface area contributed by atoms with Gasteiger partial charge in [-0.05, 0) is 35.5 Å². The van der Waals surface area contributed by atoms with Gasteiger partial charge in [-0.25, -0.2) is 0 Å². The normalized spacial score (nSPS) is 12.3. The molecule has 1 aliphatic carbocycles. The summed E-state index contributed by atoms with van der Waals surface area (Å²) in [6.45, 7) is 0. The molecule has 24 heavy (non-hydrogen) atoms. The van der Waals surface area contributed by atoms with E-state index in [-0.39, 0.29) is 0 Å². The molecule has 0 amide bonds. The molecule has 5 nitrogen and oxygen atoms in total. The van der Waals surface area contributed by atoms with Crippen molar-refractivity contribution < 1.29 is 9.47 Å². The summed E-state index contributed by atoms with van der Waals surface area (Å²) < 4.78 is 10.5. The van der Waals surface area contributed by atoms with Crippen molar-refractivity contribution in [2.75, 3.05) is 19.5 Å². The molecule has 0 unspecified atom stereocenters. The van der Waals surface area contributed by atoms with Crippen molar-refractivity contribution in [3.63, 3.8) is 0 Å². The molecule has 124 valence electrons. The van der Waals surface area contributed by atoms with Gasteiger partial charge in [0.1, 0.15) is 0 Å². The van der Waals surface area contributed by atoms with Crippen LogP contribution in [0.2, 0.25) is 0 Å². The first-order valence-corrected chi connectivity index (χ1v) is 8.01.